The van der Waals surface area contributed by atoms with Crippen LogP contribution < -0.4 is 0 Å². The molecule has 1 aromatic heterocycles. The Labute approximate surface area is 71.6 Å². The maximum absolute atomic E-state index is 4.09. The number of hydrogen-bond donors (Lipinski definition) is 0. The molecule has 0 spiro atoms. The molecule has 0 atom stereocenters. The lowest BCUT2D eigenvalue weighted by Gasteiger charge is -1.93. The van der Waals surface area contributed by atoms with Crippen LogP contribution in [0.5, 0.6) is 0 Å². The number of rotatable bonds is 1. The molecule has 0 aliphatic rings. The average molecular weight is 252 g/mol. The molecule has 0 bridgehead atoms. The van der Waals surface area contributed by atoms with E-state index in [-0.39, 0.29) is 0 Å². The molecular weight excluding hydrogens is 247 g/mol. The summed E-state index contributed by atoms with van der Waals surface area (Å²) in [5, 5.41) is 0.998. The Morgan fingerprint density at radius 1 is 1.44 bits per heavy atom. The Morgan fingerprint density at radius 3 is 2.56 bits per heavy atom. The second-order valence-electron chi connectivity index (χ2n) is 1.36. The Morgan fingerprint density at radius 2 is 2.11 bits per heavy atom. The zero-order chi connectivity index (χ0) is 6.69. The fourth-order valence-corrected chi connectivity index (χ4v) is 1.79. The van der Waals surface area contributed by atoms with Gasteiger partial charge in [0.1, 0.15) is 8.73 Å². The first-order chi connectivity index (χ1) is 4.34. The van der Waals surface area contributed by atoms with Crippen molar-refractivity contribution in [1.82, 2.24) is 9.97 Å². The van der Waals surface area contributed by atoms with Crippen molar-refractivity contribution in [2.45, 2.75) is 5.03 Å². The smallest absolute Gasteiger partial charge is 0.133 e. The Bertz CT molecular complexity index is 204. The van der Waals surface area contributed by atoms with Gasteiger partial charge in [-0.3, -0.25) is 0 Å². The number of nitrogens with zero attached hydrogens (tertiary/aromatic N) is 2. The van der Waals surface area contributed by atoms with E-state index in [1.54, 1.807) is 24.2 Å². The number of thioether (sulfide) groups is 1. The molecule has 0 aliphatic heterocycles. The van der Waals surface area contributed by atoms with Gasteiger partial charge in [0.05, 0.1) is 0 Å². The van der Waals surface area contributed by atoms with Gasteiger partial charge in [-0.15, -0.1) is 11.8 Å². The molecule has 9 heavy (non-hydrogen) atoms. The maximum atomic E-state index is 4.09. The molecule has 1 aromatic rings. The van der Waals surface area contributed by atoms with Crippen LogP contribution in [0.3, 0.4) is 0 Å². The molecule has 0 N–H and O–H groups in total. The summed E-state index contributed by atoms with van der Waals surface area (Å²) < 4.78 is 0.975. The summed E-state index contributed by atoms with van der Waals surface area (Å²) >= 11 is 3.78. The molecule has 0 aromatic carbocycles. The average Bonchev–Trinajstić information content (AvgIpc) is 1.89. The standard InChI is InChI=1S/C5H5IN2S/c1-9-5-4(6)7-2-3-8-5/h2-3H,1H3. The van der Waals surface area contributed by atoms with Crippen LogP contribution in [0.1, 0.15) is 0 Å². The van der Waals surface area contributed by atoms with Gasteiger partial charge in [-0.2, -0.15) is 0 Å². The third-order valence-corrected chi connectivity index (χ3v) is 2.66. The number of halogens is 1. The lowest BCUT2D eigenvalue weighted by atomic mass is 10.8. The first-order valence-electron chi connectivity index (χ1n) is 2.35. The minimum Gasteiger partial charge on any atom is -0.246 e. The van der Waals surface area contributed by atoms with Crippen molar-refractivity contribution in [3.63, 3.8) is 0 Å². The summed E-state index contributed by atoms with van der Waals surface area (Å²) in [4.78, 5) is 8.14. The van der Waals surface area contributed by atoms with Gasteiger partial charge < -0.3 is 0 Å². The zero-order valence-corrected chi connectivity index (χ0v) is 7.81. The molecule has 0 saturated heterocycles. The third-order valence-electron chi connectivity index (χ3n) is 0.816. The van der Waals surface area contributed by atoms with Crippen molar-refractivity contribution < 1.29 is 0 Å². The first-order valence-corrected chi connectivity index (χ1v) is 4.65. The highest BCUT2D eigenvalue weighted by Crippen LogP contribution is 2.15. The van der Waals surface area contributed by atoms with Crippen molar-refractivity contribution in [2.75, 3.05) is 6.26 Å². The molecular formula is C5H5IN2S. The van der Waals surface area contributed by atoms with Crippen LogP contribution in [0.25, 0.3) is 0 Å². The van der Waals surface area contributed by atoms with E-state index >= 15 is 0 Å². The molecule has 0 radical (unpaired) electrons. The van der Waals surface area contributed by atoms with Gasteiger partial charge in [0.2, 0.25) is 0 Å². The normalized spacial score (nSPS) is 9.56. The van der Waals surface area contributed by atoms with E-state index in [0.717, 1.165) is 8.73 Å². The molecule has 1 heterocycles. The van der Waals surface area contributed by atoms with E-state index < -0.39 is 0 Å². The SMILES string of the molecule is CSc1nccnc1I. The van der Waals surface area contributed by atoms with Crippen LogP contribution in [0.15, 0.2) is 17.4 Å². The summed E-state index contributed by atoms with van der Waals surface area (Å²) in [7, 11) is 0. The van der Waals surface area contributed by atoms with Gasteiger partial charge in [0.25, 0.3) is 0 Å². The van der Waals surface area contributed by atoms with E-state index in [9.17, 15) is 0 Å². The first kappa shape index (κ1) is 7.27. The quantitative estimate of drug-likeness (QED) is 0.563. The fraction of sp³-hybridized carbons (Fsp3) is 0.200. The van der Waals surface area contributed by atoms with E-state index in [4.69, 9.17) is 0 Å². The van der Waals surface area contributed by atoms with Crippen LogP contribution in [-0.4, -0.2) is 16.2 Å². The van der Waals surface area contributed by atoms with Crippen LogP contribution in [0.2, 0.25) is 0 Å². The second-order valence-corrected chi connectivity index (χ2v) is 3.17. The summed E-state index contributed by atoms with van der Waals surface area (Å²) in [6.07, 6.45) is 5.39. The maximum Gasteiger partial charge on any atom is 0.133 e. The van der Waals surface area contributed by atoms with Crippen molar-refractivity contribution in [1.29, 1.82) is 0 Å². The number of aromatic nitrogens is 2. The van der Waals surface area contributed by atoms with E-state index in [2.05, 4.69) is 32.6 Å². The molecule has 1 rings (SSSR count). The fourth-order valence-electron chi connectivity index (χ4n) is 0.445. The van der Waals surface area contributed by atoms with Gasteiger partial charge in [-0.05, 0) is 28.8 Å². The minimum atomic E-state index is 0.975. The molecule has 2 nitrogen and oxygen atoms in total. The van der Waals surface area contributed by atoms with Crippen molar-refractivity contribution in [2.24, 2.45) is 0 Å². The van der Waals surface area contributed by atoms with Gasteiger partial charge in [-0.1, -0.05) is 0 Å². The number of hydrogen-bond acceptors (Lipinski definition) is 3. The Balaban J connectivity index is 3.01. The molecule has 0 aliphatic carbocycles. The topological polar surface area (TPSA) is 25.8 Å². The van der Waals surface area contributed by atoms with Crippen molar-refractivity contribution in [3.8, 4) is 0 Å². The lowest BCUT2D eigenvalue weighted by molar-refractivity contribution is 1.02. The third kappa shape index (κ3) is 1.79. The van der Waals surface area contributed by atoms with Gasteiger partial charge in [0.15, 0.2) is 0 Å². The highest BCUT2D eigenvalue weighted by atomic mass is 127. The zero-order valence-electron chi connectivity index (χ0n) is 4.84. The van der Waals surface area contributed by atoms with Gasteiger partial charge >= 0.3 is 0 Å². The van der Waals surface area contributed by atoms with Crippen LogP contribution >= 0.6 is 34.4 Å². The summed E-state index contributed by atoms with van der Waals surface area (Å²) in [6, 6.07) is 0. The summed E-state index contributed by atoms with van der Waals surface area (Å²) in [6.45, 7) is 0. The van der Waals surface area contributed by atoms with Crippen molar-refractivity contribution >= 4 is 34.4 Å². The van der Waals surface area contributed by atoms with E-state index in [0.29, 0.717) is 0 Å². The van der Waals surface area contributed by atoms with Gasteiger partial charge in [-0.25, -0.2) is 9.97 Å². The van der Waals surface area contributed by atoms with Crippen LogP contribution in [0.4, 0.5) is 0 Å². The van der Waals surface area contributed by atoms with Gasteiger partial charge in [0, 0.05) is 12.4 Å². The predicted octanol–water partition coefficient (Wildman–Crippen LogP) is 1.80. The van der Waals surface area contributed by atoms with Crippen molar-refractivity contribution in [3.05, 3.63) is 16.1 Å². The molecule has 0 unspecified atom stereocenters. The minimum absolute atomic E-state index is 0.975. The van der Waals surface area contributed by atoms with E-state index in [1.165, 1.54) is 0 Å². The highest BCUT2D eigenvalue weighted by Gasteiger charge is 1.95. The Kier molecular flexibility index (Phi) is 2.71. The van der Waals surface area contributed by atoms with Crippen LogP contribution in [0, 0.1) is 3.70 Å². The summed E-state index contributed by atoms with van der Waals surface area (Å²) in [5.74, 6) is 0. The second kappa shape index (κ2) is 3.36. The van der Waals surface area contributed by atoms with Crippen LogP contribution in [-0.2, 0) is 0 Å². The predicted molar refractivity (Wildman–Crippen MR) is 46.5 cm³/mol. The molecule has 0 amide bonds. The molecule has 4 heteroatoms. The monoisotopic (exact) mass is 252 g/mol. The largest absolute Gasteiger partial charge is 0.246 e. The molecule has 0 fully saturated rings. The molecule has 0 saturated carbocycles. The Hall–Kier alpha value is 0.160. The van der Waals surface area contributed by atoms with E-state index in [1.807, 2.05) is 6.26 Å². The summed E-state index contributed by atoms with van der Waals surface area (Å²) in [5.41, 5.74) is 0. The highest BCUT2D eigenvalue weighted by molar-refractivity contribution is 14.1. The lowest BCUT2D eigenvalue weighted by Crippen LogP contribution is -1.85. The molecule has 48 valence electrons.